The standard InChI is InChI=1S/C12H21N3/c1-5-13-8-11-9(3)7-10(4)15-12(11)14-6-2/h7,13H,5-6,8H2,1-4H3,(H,14,15). The third kappa shape index (κ3) is 3.20. The van der Waals surface area contributed by atoms with Crippen molar-refractivity contribution in [2.24, 2.45) is 0 Å². The van der Waals surface area contributed by atoms with E-state index in [0.717, 1.165) is 31.1 Å². The van der Waals surface area contributed by atoms with Gasteiger partial charge in [-0.3, -0.25) is 0 Å². The normalized spacial score (nSPS) is 10.4. The molecule has 0 aromatic carbocycles. The Balaban J connectivity index is 2.97. The van der Waals surface area contributed by atoms with Crippen LogP contribution in [0.1, 0.15) is 30.7 Å². The molecule has 3 nitrogen and oxygen atoms in total. The maximum atomic E-state index is 4.53. The van der Waals surface area contributed by atoms with E-state index >= 15 is 0 Å². The number of rotatable bonds is 5. The summed E-state index contributed by atoms with van der Waals surface area (Å²) in [6, 6.07) is 2.13. The largest absolute Gasteiger partial charge is 0.370 e. The van der Waals surface area contributed by atoms with Crippen molar-refractivity contribution >= 4 is 5.82 Å². The van der Waals surface area contributed by atoms with Gasteiger partial charge in [-0.05, 0) is 38.9 Å². The maximum Gasteiger partial charge on any atom is 0.131 e. The van der Waals surface area contributed by atoms with Crippen LogP contribution in [0, 0.1) is 13.8 Å². The van der Waals surface area contributed by atoms with Gasteiger partial charge in [-0.1, -0.05) is 6.92 Å². The molecule has 0 atom stereocenters. The van der Waals surface area contributed by atoms with Crippen LogP contribution in [0.25, 0.3) is 0 Å². The van der Waals surface area contributed by atoms with E-state index in [1.54, 1.807) is 0 Å². The van der Waals surface area contributed by atoms with Crippen LogP contribution < -0.4 is 10.6 Å². The lowest BCUT2D eigenvalue weighted by Crippen LogP contribution is -2.16. The number of aryl methyl sites for hydroxylation is 2. The zero-order chi connectivity index (χ0) is 11.3. The second-order valence-corrected chi connectivity index (χ2v) is 3.72. The van der Waals surface area contributed by atoms with Gasteiger partial charge in [0, 0.05) is 24.3 Å². The molecule has 0 unspecified atom stereocenters. The number of anilines is 1. The summed E-state index contributed by atoms with van der Waals surface area (Å²) in [5.74, 6) is 1.02. The van der Waals surface area contributed by atoms with Gasteiger partial charge in [0.2, 0.25) is 0 Å². The molecule has 0 aliphatic heterocycles. The molecular weight excluding hydrogens is 186 g/mol. The smallest absolute Gasteiger partial charge is 0.131 e. The number of hydrogen-bond acceptors (Lipinski definition) is 3. The summed E-state index contributed by atoms with van der Waals surface area (Å²) < 4.78 is 0. The lowest BCUT2D eigenvalue weighted by Gasteiger charge is -2.14. The van der Waals surface area contributed by atoms with Crippen molar-refractivity contribution in [1.82, 2.24) is 10.3 Å². The Morgan fingerprint density at radius 1 is 1.20 bits per heavy atom. The lowest BCUT2D eigenvalue weighted by molar-refractivity contribution is 0.721. The van der Waals surface area contributed by atoms with E-state index in [9.17, 15) is 0 Å². The van der Waals surface area contributed by atoms with Crippen molar-refractivity contribution in [3.63, 3.8) is 0 Å². The summed E-state index contributed by atoms with van der Waals surface area (Å²) >= 11 is 0. The van der Waals surface area contributed by atoms with Crippen molar-refractivity contribution in [3.8, 4) is 0 Å². The van der Waals surface area contributed by atoms with Crippen molar-refractivity contribution < 1.29 is 0 Å². The van der Waals surface area contributed by atoms with Gasteiger partial charge in [0.15, 0.2) is 0 Å². The van der Waals surface area contributed by atoms with Gasteiger partial charge in [-0.2, -0.15) is 0 Å². The number of aromatic nitrogens is 1. The van der Waals surface area contributed by atoms with Crippen LogP contribution in [-0.4, -0.2) is 18.1 Å². The average Bonchev–Trinajstić information content (AvgIpc) is 2.17. The first-order valence-electron chi connectivity index (χ1n) is 5.60. The number of pyridine rings is 1. The molecule has 0 radical (unpaired) electrons. The molecule has 84 valence electrons. The number of nitrogens with one attached hydrogen (secondary N) is 2. The minimum Gasteiger partial charge on any atom is -0.370 e. The quantitative estimate of drug-likeness (QED) is 0.777. The van der Waals surface area contributed by atoms with E-state index in [1.165, 1.54) is 11.1 Å². The Bertz CT molecular complexity index is 321. The van der Waals surface area contributed by atoms with Gasteiger partial charge in [0.1, 0.15) is 5.82 Å². The summed E-state index contributed by atoms with van der Waals surface area (Å²) in [7, 11) is 0. The highest BCUT2D eigenvalue weighted by molar-refractivity contribution is 5.49. The molecule has 1 rings (SSSR count). The van der Waals surface area contributed by atoms with Crippen LogP contribution in [0.4, 0.5) is 5.82 Å². The fraction of sp³-hybridized carbons (Fsp3) is 0.583. The van der Waals surface area contributed by atoms with Gasteiger partial charge in [-0.15, -0.1) is 0 Å². The maximum absolute atomic E-state index is 4.53. The van der Waals surface area contributed by atoms with Crippen LogP contribution in [0.2, 0.25) is 0 Å². The molecule has 0 bridgehead atoms. The molecule has 1 heterocycles. The molecule has 0 saturated heterocycles. The molecule has 0 aliphatic carbocycles. The molecule has 0 saturated carbocycles. The van der Waals surface area contributed by atoms with Crippen LogP contribution >= 0.6 is 0 Å². The van der Waals surface area contributed by atoms with E-state index in [-0.39, 0.29) is 0 Å². The second kappa shape index (κ2) is 5.71. The zero-order valence-corrected chi connectivity index (χ0v) is 10.1. The van der Waals surface area contributed by atoms with Crippen LogP contribution in [0.5, 0.6) is 0 Å². The minimum absolute atomic E-state index is 0.887. The minimum atomic E-state index is 0.887. The summed E-state index contributed by atoms with van der Waals surface area (Å²) in [6.45, 7) is 11.2. The number of nitrogens with zero attached hydrogens (tertiary/aromatic N) is 1. The van der Waals surface area contributed by atoms with Crippen molar-refractivity contribution in [2.45, 2.75) is 34.2 Å². The lowest BCUT2D eigenvalue weighted by atomic mass is 10.1. The zero-order valence-electron chi connectivity index (χ0n) is 10.1. The Hall–Kier alpha value is -1.09. The SMILES string of the molecule is CCNCc1c(C)cc(C)nc1NCC. The summed E-state index contributed by atoms with van der Waals surface area (Å²) in [6.07, 6.45) is 0. The van der Waals surface area contributed by atoms with Gasteiger partial charge >= 0.3 is 0 Å². The molecule has 0 amide bonds. The molecule has 3 heteroatoms. The monoisotopic (exact) mass is 207 g/mol. The van der Waals surface area contributed by atoms with Crippen molar-refractivity contribution in [3.05, 3.63) is 22.9 Å². The fourth-order valence-corrected chi connectivity index (χ4v) is 1.65. The highest BCUT2D eigenvalue weighted by atomic mass is 15.0. The van der Waals surface area contributed by atoms with Crippen LogP contribution in [-0.2, 0) is 6.54 Å². The molecule has 0 aliphatic rings. The Morgan fingerprint density at radius 3 is 2.53 bits per heavy atom. The van der Waals surface area contributed by atoms with Gasteiger partial charge in [0.05, 0.1) is 0 Å². The molecule has 1 aromatic heterocycles. The van der Waals surface area contributed by atoms with Gasteiger partial charge < -0.3 is 10.6 Å². The first kappa shape index (κ1) is 12.0. The van der Waals surface area contributed by atoms with E-state index in [1.807, 2.05) is 6.92 Å². The van der Waals surface area contributed by atoms with Gasteiger partial charge in [0.25, 0.3) is 0 Å². The Morgan fingerprint density at radius 2 is 1.93 bits per heavy atom. The molecule has 0 spiro atoms. The molecule has 0 fully saturated rings. The topological polar surface area (TPSA) is 37.0 Å². The molecule has 1 aromatic rings. The highest BCUT2D eigenvalue weighted by Gasteiger charge is 2.07. The molecule has 15 heavy (non-hydrogen) atoms. The average molecular weight is 207 g/mol. The highest BCUT2D eigenvalue weighted by Crippen LogP contribution is 2.18. The fourth-order valence-electron chi connectivity index (χ4n) is 1.65. The Kier molecular flexibility index (Phi) is 4.56. The van der Waals surface area contributed by atoms with E-state index in [0.29, 0.717) is 0 Å². The van der Waals surface area contributed by atoms with Crippen LogP contribution in [0.15, 0.2) is 6.07 Å². The third-order valence-electron chi connectivity index (χ3n) is 2.37. The van der Waals surface area contributed by atoms with E-state index < -0.39 is 0 Å². The molecule has 2 N–H and O–H groups in total. The number of hydrogen-bond donors (Lipinski definition) is 2. The van der Waals surface area contributed by atoms with E-state index in [4.69, 9.17) is 0 Å². The third-order valence-corrected chi connectivity index (χ3v) is 2.37. The first-order valence-corrected chi connectivity index (χ1v) is 5.60. The van der Waals surface area contributed by atoms with Crippen LogP contribution in [0.3, 0.4) is 0 Å². The summed E-state index contributed by atoms with van der Waals surface area (Å²) in [5.41, 5.74) is 3.66. The summed E-state index contributed by atoms with van der Waals surface area (Å²) in [4.78, 5) is 4.53. The first-order chi connectivity index (χ1) is 7.19. The van der Waals surface area contributed by atoms with Crippen molar-refractivity contribution in [2.75, 3.05) is 18.4 Å². The van der Waals surface area contributed by atoms with Gasteiger partial charge in [-0.25, -0.2) is 4.98 Å². The summed E-state index contributed by atoms with van der Waals surface area (Å²) in [5, 5.41) is 6.66. The second-order valence-electron chi connectivity index (χ2n) is 3.72. The molecular formula is C12H21N3. The predicted octanol–water partition coefficient (Wildman–Crippen LogP) is 2.24. The van der Waals surface area contributed by atoms with Crippen molar-refractivity contribution in [1.29, 1.82) is 0 Å². The Labute approximate surface area is 92.3 Å². The predicted molar refractivity (Wildman–Crippen MR) is 65.3 cm³/mol. The van der Waals surface area contributed by atoms with E-state index in [2.05, 4.69) is 42.5 Å².